The van der Waals surface area contributed by atoms with Crippen molar-refractivity contribution in [2.24, 2.45) is 0 Å². The highest BCUT2D eigenvalue weighted by Gasteiger charge is 2.32. The van der Waals surface area contributed by atoms with E-state index in [0.717, 1.165) is 23.5 Å². The van der Waals surface area contributed by atoms with Crippen LogP contribution < -0.4 is 4.90 Å². The minimum Gasteiger partial charge on any atom is -0.368 e. The summed E-state index contributed by atoms with van der Waals surface area (Å²) in [5.74, 6) is -0.0433. The van der Waals surface area contributed by atoms with Crippen molar-refractivity contribution in [3.63, 3.8) is 0 Å². The lowest BCUT2D eigenvalue weighted by Crippen LogP contribution is -2.48. The Morgan fingerprint density at radius 2 is 1.67 bits per heavy atom. The van der Waals surface area contributed by atoms with Gasteiger partial charge in [0.25, 0.3) is 5.91 Å². The van der Waals surface area contributed by atoms with Gasteiger partial charge in [0, 0.05) is 42.3 Å². The summed E-state index contributed by atoms with van der Waals surface area (Å²) in [4.78, 5) is 19.3. The average Bonchev–Trinajstić information content (AvgIpc) is 3.17. The summed E-state index contributed by atoms with van der Waals surface area (Å²) in [6.45, 7) is 5.00. The van der Waals surface area contributed by atoms with Crippen LogP contribution in [0.3, 0.4) is 0 Å². The molecular formula is C23H22N2O3S2. The molecule has 3 heterocycles. The van der Waals surface area contributed by atoms with Crippen LogP contribution in [0.1, 0.15) is 20.8 Å². The molecule has 0 saturated carbocycles. The Bertz CT molecular complexity index is 1240. The summed E-state index contributed by atoms with van der Waals surface area (Å²) >= 11 is 1.41. The maximum atomic E-state index is 13.2. The first kappa shape index (κ1) is 19.3. The van der Waals surface area contributed by atoms with Gasteiger partial charge in [0.15, 0.2) is 9.84 Å². The zero-order valence-corrected chi connectivity index (χ0v) is 18.3. The van der Waals surface area contributed by atoms with Crippen LogP contribution >= 0.6 is 11.3 Å². The van der Waals surface area contributed by atoms with Crippen LogP contribution in [0.4, 0.5) is 5.69 Å². The maximum Gasteiger partial charge on any atom is 0.264 e. The van der Waals surface area contributed by atoms with E-state index in [1.807, 2.05) is 29.2 Å². The van der Waals surface area contributed by atoms with Crippen molar-refractivity contribution >= 4 is 32.8 Å². The van der Waals surface area contributed by atoms with Crippen molar-refractivity contribution < 1.29 is 13.2 Å². The monoisotopic (exact) mass is 438 g/mol. The predicted octanol–water partition coefficient (Wildman–Crippen LogP) is 3.97. The molecule has 0 N–H and O–H groups in total. The summed E-state index contributed by atoms with van der Waals surface area (Å²) in [7, 11) is -3.36. The van der Waals surface area contributed by atoms with Crippen molar-refractivity contribution in [1.29, 1.82) is 0 Å². The second-order valence-electron chi connectivity index (χ2n) is 7.79. The first-order valence-corrected chi connectivity index (χ1v) is 12.5. The number of hydrogen-bond acceptors (Lipinski definition) is 5. The van der Waals surface area contributed by atoms with E-state index in [0.29, 0.717) is 28.4 Å². The second kappa shape index (κ2) is 7.25. The lowest BCUT2D eigenvalue weighted by atomic mass is 10.1. The molecule has 0 unspecified atom stereocenters. The number of carbonyl (C=O) groups excluding carboxylic acids is 1. The summed E-state index contributed by atoms with van der Waals surface area (Å²) in [5, 5.41) is 0. The Morgan fingerprint density at radius 1 is 0.967 bits per heavy atom. The quantitative estimate of drug-likeness (QED) is 0.607. The third kappa shape index (κ3) is 3.22. The number of fused-ring (bicyclic) bond motifs is 3. The Morgan fingerprint density at radius 3 is 2.43 bits per heavy atom. The highest BCUT2D eigenvalue weighted by molar-refractivity contribution is 7.91. The van der Waals surface area contributed by atoms with Gasteiger partial charge < -0.3 is 9.80 Å². The normalized spacial score (nSPS) is 17.4. The van der Waals surface area contributed by atoms with Crippen LogP contribution in [0.25, 0.3) is 10.4 Å². The minimum atomic E-state index is -3.36. The van der Waals surface area contributed by atoms with E-state index in [9.17, 15) is 13.2 Å². The molecule has 30 heavy (non-hydrogen) atoms. The molecule has 5 nitrogen and oxygen atoms in total. The zero-order valence-electron chi connectivity index (χ0n) is 16.7. The van der Waals surface area contributed by atoms with Gasteiger partial charge in [0.05, 0.1) is 15.5 Å². The fourth-order valence-corrected chi connectivity index (χ4v) is 7.23. The van der Waals surface area contributed by atoms with E-state index >= 15 is 0 Å². The topological polar surface area (TPSA) is 57.7 Å². The lowest BCUT2D eigenvalue weighted by molar-refractivity contribution is 0.0751. The van der Waals surface area contributed by atoms with Crippen LogP contribution in [0.5, 0.6) is 0 Å². The van der Waals surface area contributed by atoms with Crippen molar-refractivity contribution in [3.05, 3.63) is 70.6 Å². The number of hydrogen-bond donors (Lipinski definition) is 0. The second-order valence-corrected chi connectivity index (χ2v) is 10.8. The molecule has 5 rings (SSSR count). The van der Waals surface area contributed by atoms with Crippen molar-refractivity contribution in [2.75, 3.05) is 31.1 Å². The number of para-hydroxylation sites is 1. The summed E-state index contributed by atoms with van der Waals surface area (Å²) < 4.78 is 25.2. The predicted molar refractivity (Wildman–Crippen MR) is 120 cm³/mol. The van der Waals surface area contributed by atoms with E-state index in [4.69, 9.17) is 0 Å². The Hall–Kier alpha value is -2.64. The molecule has 1 aromatic heterocycles. The van der Waals surface area contributed by atoms with Crippen LogP contribution in [-0.2, 0) is 15.6 Å². The molecule has 154 valence electrons. The molecule has 2 aliphatic rings. The molecule has 2 aromatic carbocycles. The Labute approximate surface area is 180 Å². The number of carbonyl (C=O) groups is 1. The lowest BCUT2D eigenvalue weighted by Gasteiger charge is -2.36. The average molecular weight is 439 g/mol. The molecule has 1 saturated heterocycles. The SMILES string of the molecule is Cc1ccccc1N1CCN(C(=O)c2cc3c(s2)-c2ccccc2S(=O)(=O)C3)CC1. The number of sulfone groups is 1. The van der Waals surface area contributed by atoms with E-state index in [1.165, 1.54) is 22.6 Å². The summed E-state index contributed by atoms with van der Waals surface area (Å²) in [5.41, 5.74) is 3.91. The molecule has 0 bridgehead atoms. The van der Waals surface area contributed by atoms with Crippen molar-refractivity contribution in [1.82, 2.24) is 4.90 Å². The van der Waals surface area contributed by atoms with E-state index in [2.05, 4.69) is 24.0 Å². The first-order chi connectivity index (χ1) is 14.4. The molecule has 0 spiro atoms. The van der Waals surface area contributed by atoms with Crippen LogP contribution in [0.15, 0.2) is 59.5 Å². The van der Waals surface area contributed by atoms with Gasteiger partial charge in [0.1, 0.15) is 0 Å². The van der Waals surface area contributed by atoms with Gasteiger partial charge in [-0.15, -0.1) is 11.3 Å². The van der Waals surface area contributed by atoms with Gasteiger partial charge >= 0.3 is 0 Å². The van der Waals surface area contributed by atoms with E-state index in [-0.39, 0.29) is 11.7 Å². The number of nitrogens with zero attached hydrogens (tertiary/aromatic N) is 2. The number of piperazine rings is 1. The first-order valence-electron chi connectivity index (χ1n) is 9.99. The molecular weight excluding hydrogens is 416 g/mol. The fraction of sp³-hybridized carbons (Fsp3) is 0.261. The number of benzene rings is 2. The standard InChI is InChI=1S/C23H22N2O3S2/c1-16-6-2-4-8-19(16)24-10-12-25(13-11-24)23(26)20-14-17-15-30(27,28)21-9-5-3-7-18(21)22(17)29-20/h2-9,14H,10-13,15H2,1H3. The number of anilines is 1. The smallest absolute Gasteiger partial charge is 0.264 e. The molecule has 1 amide bonds. The number of thiophene rings is 1. The molecule has 2 aliphatic heterocycles. The van der Waals surface area contributed by atoms with Gasteiger partial charge in [-0.05, 0) is 36.2 Å². The Balaban J connectivity index is 1.37. The van der Waals surface area contributed by atoms with Crippen molar-refractivity contribution in [2.45, 2.75) is 17.6 Å². The molecule has 0 aliphatic carbocycles. The molecule has 7 heteroatoms. The van der Waals surface area contributed by atoms with Gasteiger partial charge in [-0.2, -0.15) is 0 Å². The zero-order chi connectivity index (χ0) is 20.9. The maximum absolute atomic E-state index is 13.2. The highest BCUT2D eigenvalue weighted by Crippen LogP contribution is 2.43. The third-order valence-corrected chi connectivity index (χ3v) is 8.77. The third-order valence-electron chi connectivity index (χ3n) is 5.86. The van der Waals surface area contributed by atoms with Gasteiger partial charge in [-0.25, -0.2) is 8.42 Å². The highest BCUT2D eigenvalue weighted by atomic mass is 32.2. The summed E-state index contributed by atoms with van der Waals surface area (Å²) in [6, 6.07) is 17.2. The van der Waals surface area contributed by atoms with E-state index in [1.54, 1.807) is 18.2 Å². The van der Waals surface area contributed by atoms with Crippen LogP contribution in [-0.4, -0.2) is 45.4 Å². The number of aryl methyl sites for hydroxylation is 1. The summed E-state index contributed by atoms with van der Waals surface area (Å²) in [6.07, 6.45) is 0. The molecule has 1 fully saturated rings. The van der Waals surface area contributed by atoms with Crippen LogP contribution in [0.2, 0.25) is 0 Å². The largest absolute Gasteiger partial charge is 0.368 e. The van der Waals surface area contributed by atoms with Crippen LogP contribution in [0, 0.1) is 6.92 Å². The van der Waals surface area contributed by atoms with Gasteiger partial charge in [0.2, 0.25) is 0 Å². The molecule has 0 radical (unpaired) electrons. The van der Waals surface area contributed by atoms with Crippen molar-refractivity contribution in [3.8, 4) is 10.4 Å². The molecule has 3 aromatic rings. The van der Waals surface area contributed by atoms with Gasteiger partial charge in [-0.3, -0.25) is 4.79 Å². The number of amides is 1. The van der Waals surface area contributed by atoms with E-state index < -0.39 is 9.84 Å². The molecule has 0 atom stereocenters. The number of rotatable bonds is 2. The Kier molecular flexibility index (Phi) is 4.67. The van der Waals surface area contributed by atoms with Gasteiger partial charge in [-0.1, -0.05) is 36.4 Å². The minimum absolute atomic E-state index is 0.00582. The fourth-order valence-electron chi connectivity index (χ4n) is 4.30.